The number of nitrogen functional groups attached to an aromatic ring is 1. The van der Waals surface area contributed by atoms with Crippen molar-refractivity contribution in [3.05, 3.63) is 16.4 Å². The topological polar surface area (TPSA) is 95.8 Å². The zero-order chi connectivity index (χ0) is 13.7. The Morgan fingerprint density at radius 2 is 1.80 bits per heavy atom. The van der Waals surface area contributed by atoms with Crippen LogP contribution in [0.15, 0.2) is 10.9 Å². The Labute approximate surface area is 117 Å². The maximum Gasteiger partial charge on any atom is 0.254 e. The van der Waals surface area contributed by atoms with E-state index in [-0.39, 0.29) is 11.5 Å². The van der Waals surface area contributed by atoms with Gasteiger partial charge in [-0.15, -0.1) is 0 Å². The molecule has 108 valence electrons. The average molecular weight is 275 g/mol. The van der Waals surface area contributed by atoms with Crippen LogP contribution in [-0.4, -0.2) is 16.0 Å². The maximum absolute atomic E-state index is 11.4. The van der Waals surface area contributed by atoms with Crippen LogP contribution in [0.25, 0.3) is 0 Å². The molecule has 4 aliphatic carbocycles. The van der Waals surface area contributed by atoms with E-state index < -0.39 is 0 Å². The third-order valence-electron chi connectivity index (χ3n) is 5.35. The van der Waals surface area contributed by atoms with Crippen molar-refractivity contribution in [2.75, 3.05) is 11.2 Å². The van der Waals surface area contributed by atoms with Gasteiger partial charge in [-0.05, 0) is 55.8 Å². The molecule has 4 fully saturated rings. The normalized spacial score (nSPS) is 38.1. The van der Waals surface area contributed by atoms with Crippen LogP contribution in [-0.2, 0) is 0 Å². The number of nitrogens with two attached hydrogens (primary N) is 1. The molecule has 5 N–H and O–H groups in total. The zero-order valence-corrected chi connectivity index (χ0v) is 11.4. The standard InChI is InChI=1S/C14H21N5O/c15-14-16-11(6-12(20)17-14)18-19-13-9-2-7-1-8(4-9)5-10(13)3-7/h6-10,13,19H,1-5H2,(H4,15,16,17,18,20). The number of anilines is 2. The molecule has 20 heavy (non-hydrogen) atoms. The molecule has 4 saturated carbocycles. The predicted molar refractivity (Wildman–Crippen MR) is 76.9 cm³/mol. The second-order valence-corrected chi connectivity index (χ2v) is 6.74. The highest BCUT2D eigenvalue weighted by Gasteiger charge is 2.48. The summed E-state index contributed by atoms with van der Waals surface area (Å²) in [5, 5.41) is 0. The molecule has 4 aliphatic rings. The van der Waals surface area contributed by atoms with Crippen LogP contribution in [0.3, 0.4) is 0 Å². The highest BCUT2D eigenvalue weighted by Crippen LogP contribution is 2.53. The van der Waals surface area contributed by atoms with E-state index in [0.29, 0.717) is 11.9 Å². The smallest absolute Gasteiger partial charge is 0.254 e. The summed E-state index contributed by atoms with van der Waals surface area (Å²) in [5.74, 6) is 4.12. The molecule has 6 heteroatoms. The molecule has 0 amide bonds. The number of nitrogens with one attached hydrogen (secondary N) is 3. The van der Waals surface area contributed by atoms with E-state index >= 15 is 0 Å². The molecule has 0 radical (unpaired) electrons. The monoisotopic (exact) mass is 275 g/mol. The van der Waals surface area contributed by atoms with Crippen LogP contribution >= 0.6 is 0 Å². The largest absolute Gasteiger partial charge is 0.369 e. The van der Waals surface area contributed by atoms with Crippen LogP contribution in [0.4, 0.5) is 11.8 Å². The van der Waals surface area contributed by atoms with Gasteiger partial charge in [-0.1, -0.05) is 0 Å². The van der Waals surface area contributed by atoms with Gasteiger partial charge in [0.25, 0.3) is 5.56 Å². The van der Waals surface area contributed by atoms with Crippen molar-refractivity contribution >= 4 is 11.8 Å². The first-order valence-corrected chi connectivity index (χ1v) is 7.56. The number of nitrogens with zero attached hydrogens (tertiary/aromatic N) is 1. The van der Waals surface area contributed by atoms with Crippen LogP contribution in [0.1, 0.15) is 32.1 Å². The fraction of sp³-hybridized carbons (Fsp3) is 0.714. The molecule has 0 spiro atoms. The Morgan fingerprint density at radius 3 is 2.40 bits per heavy atom. The fourth-order valence-corrected chi connectivity index (χ4v) is 4.86. The van der Waals surface area contributed by atoms with E-state index in [1.54, 1.807) is 0 Å². The third-order valence-corrected chi connectivity index (χ3v) is 5.35. The van der Waals surface area contributed by atoms with Gasteiger partial charge in [-0.2, -0.15) is 4.98 Å². The van der Waals surface area contributed by atoms with E-state index in [0.717, 1.165) is 23.7 Å². The Bertz CT molecular complexity index is 541. The molecular formula is C14H21N5O. The van der Waals surface area contributed by atoms with Gasteiger partial charge in [0.05, 0.1) is 0 Å². The number of aromatic nitrogens is 2. The molecule has 1 aromatic heterocycles. The third kappa shape index (κ3) is 2.08. The van der Waals surface area contributed by atoms with Crippen molar-refractivity contribution in [3.63, 3.8) is 0 Å². The van der Waals surface area contributed by atoms with Crippen molar-refractivity contribution < 1.29 is 0 Å². The van der Waals surface area contributed by atoms with Gasteiger partial charge < -0.3 is 11.2 Å². The van der Waals surface area contributed by atoms with Crippen molar-refractivity contribution in [1.29, 1.82) is 0 Å². The molecule has 0 saturated heterocycles. The molecule has 5 rings (SSSR count). The second kappa shape index (κ2) is 4.48. The lowest BCUT2D eigenvalue weighted by Gasteiger charge is -2.54. The van der Waals surface area contributed by atoms with E-state index in [2.05, 4.69) is 20.8 Å². The van der Waals surface area contributed by atoms with E-state index in [9.17, 15) is 4.79 Å². The summed E-state index contributed by atoms with van der Waals surface area (Å²) < 4.78 is 0. The van der Waals surface area contributed by atoms with Crippen molar-refractivity contribution in [3.8, 4) is 0 Å². The Hall–Kier alpha value is -1.56. The predicted octanol–water partition coefficient (Wildman–Crippen LogP) is 1.09. The number of aromatic amines is 1. The van der Waals surface area contributed by atoms with E-state index in [1.807, 2.05) is 0 Å². The van der Waals surface area contributed by atoms with Gasteiger partial charge in [-0.3, -0.25) is 9.78 Å². The number of hydrogen-bond donors (Lipinski definition) is 4. The van der Waals surface area contributed by atoms with E-state index in [4.69, 9.17) is 5.73 Å². The van der Waals surface area contributed by atoms with Crippen LogP contribution in [0, 0.1) is 23.7 Å². The molecule has 0 aliphatic heterocycles. The lowest BCUT2D eigenvalue weighted by molar-refractivity contribution is -0.0110. The number of H-pyrrole nitrogens is 1. The molecule has 1 aromatic rings. The molecular weight excluding hydrogens is 254 g/mol. The molecule has 4 bridgehead atoms. The first-order chi connectivity index (χ1) is 9.67. The average Bonchev–Trinajstić information content (AvgIpc) is 2.35. The van der Waals surface area contributed by atoms with Gasteiger partial charge in [0.2, 0.25) is 5.95 Å². The summed E-state index contributed by atoms with van der Waals surface area (Å²) in [6.07, 6.45) is 6.89. The summed E-state index contributed by atoms with van der Waals surface area (Å²) in [5.41, 5.74) is 11.8. The Balaban J connectivity index is 1.46. The van der Waals surface area contributed by atoms with Crippen molar-refractivity contribution in [2.24, 2.45) is 23.7 Å². The lowest BCUT2D eigenvalue weighted by Crippen LogP contribution is -2.55. The van der Waals surface area contributed by atoms with Gasteiger partial charge in [0.15, 0.2) is 0 Å². The Kier molecular flexibility index (Phi) is 2.73. The molecule has 0 aromatic carbocycles. The first-order valence-electron chi connectivity index (χ1n) is 7.56. The number of hydrogen-bond acceptors (Lipinski definition) is 5. The van der Waals surface area contributed by atoms with Gasteiger partial charge >= 0.3 is 0 Å². The van der Waals surface area contributed by atoms with Crippen LogP contribution in [0.5, 0.6) is 0 Å². The van der Waals surface area contributed by atoms with Crippen LogP contribution < -0.4 is 22.1 Å². The lowest BCUT2D eigenvalue weighted by atomic mass is 9.54. The summed E-state index contributed by atoms with van der Waals surface area (Å²) in [6.45, 7) is 0. The summed E-state index contributed by atoms with van der Waals surface area (Å²) in [4.78, 5) is 17.9. The number of hydrazine groups is 1. The van der Waals surface area contributed by atoms with Gasteiger partial charge in [0.1, 0.15) is 5.82 Å². The zero-order valence-electron chi connectivity index (χ0n) is 11.4. The second-order valence-electron chi connectivity index (χ2n) is 6.74. The van der Waals surface area contributed by atoms with Crippen molar-refractivity contribution in [1.82, 2.24) is 15.4 Å². The van der Waals surface area contributed by atoms with Gasteiger partial charge in [0, 0.05) is 12.1 Å². The summed E-state index contributed by atoms with van der Waals surface area (Å²) in [7, 11) is 0. The van der Waals surface area contributed by atoms with Gasteiger partial charge in [-0.25, -0.2) is 5.43 Å². The minimum atomic E-state index is -0.230. The fourth-order valence-electron chi connectivity index (χ4n) is 4.86. The quantitative estimate of drug-likeness (QED) is 0.619. The van der Waals surface area contributed by atoms with E-state index in [1.165, 1.54) is 38.2 Å². The van der Waals surface area contributed by atoms with Crippen LogP contribution in [0.2, 0.25) is 0 Å². The molecule has 6 nitrogen and oxygen atoms in total. The Morgan fingerprint density at radius 1 is 1.15 bits per heavy atom. The maximum atomic E-state index is 11.4. The first kappa shape index (κ1) is 12.2. The molecule has 0 atom stereocenters. The minimum Gasteiger partial charge on any atom is -0.369 e. The number of rotatable bonds is 3. The minimum absolute atomic E-state index is 0.145. The molecule has 1 heterocycles. The highest BCUT2D eigenvalue weighted by atomic mass is 16.1. The van der Waals surface area contributed by atoms with Crippen molar-refractivity contribution in [2.45, 2.75) is 38.1 Å². The molecule has 0 unspecified atom stereocenters. The highest BCUT2D eigenvalue weighted by molar-refractivity contribution is 5.36. The summed E-state index contributed by atoms with van der Waals surface area (Å²) in [6, 6.07) is 1.93. The summed E-state index contributed by atoms with van der Waals surface area (Å²) >= 11 is 0. The SMILES string of the molecule is Nc1nc(NNC2C3CC4CC(C3)CC2C4)cc(=O)[nH]1.